The predicted molar refractivity (Wildman–Crippen MR) is 180 cm³/mol. The zero-order valence-electron chi connectivity index (χ0n) is 27.1. The Hall–Kier alpha value is -5.49. The average molecular weight is 665 g/mol. The van der Waals surface area contributed by atoms with Gasteiger partial charge >= 0.3 is 11.7 Å². The van der Waals surface area contributed by atoms with Gasteiger partial charge in [-0.2, -0.15) is 0 Å². The Kier molecular flexibility index (Phi) is 9.50. The van der Waals surface area contributed by atoms with Gasteiger partial charge in [-0.1, -0.05) is 72.8 Å². The number of nitrogens with one attached hydrogen (secondary N) is 1. The summed E-state index contributed by atoms with van der Waals surface area (Å²) < 4.78 is 24.2. The van der Waals surface area contributed by atoms with Crippen molar-refractivity contribution in [3.63, 3.8) is 0 Å². The molecule has 1 saturated heterocycles. The van der Waals surface area contributed by atoms with Crippen LogP contribution in [0.25, 0.3) is 0 Å². The molecule has 3 N–H and O–H groups in total. The van der Waals surface area contributed by atoms with Gasteiger partial charge in [-0.3, -0.25) is 14.3 Å². The number of ether oxygens (including phenoxy) is 4. The number of hydrogen-bond acceptors (Lipinski definition) is 9. The largest absolute Gasteiger partial charge is 0.497 e. The molecule has 1 fully saturated rings. The molecule has 2 heterocycles. The molecule has 1 aromatic heterocycles. The number of hydrogen-bond donors (Lipinski definition) is 3. The van der Waals surface area contributed by atoms with Gasteiger partial charge in [0.15, 0.2) is 12.3 Å². The van der Waals surface area contributed by atoms with E-state index in [-0.39, 0.29) is 11.1 Å². The molecule has 5 atom stereocenters. The third-order valence-electron chi connectivity index (χ3n) is 9.00. The molecule has 49 heavy (non-hydrogen) atoms. The van der Waals surface area contributed by atoms with Crippen molar-refractivity contribution in [2.45, 2.75) is 43.0 Å². The van der Waals surface area contributed by atoms with Gasteiger partial charge in [0.1, 0.15) is 29.8 Å². The lowest BCUT2D eigenvalue weighted by Gasteiger charge is -2.42. The molecule has 0 bridgehead atoms. The first kappa shape index (κ1) is 33.4. The van der Waals surface area contributed by atoms with E-state index in [1.165, 1.54) is 13.1 Å². The van der Waals surface area contributed by atoms with Crippen molar-refractivity contribution in [1.29, 1.82) is 0 Å². The first-order valence-corrected chi connectivity index (χ1v) is 15.6. The Bertz CT molecular complexity index is 1960. The fourth-order valence-electron chi connectivity index (χ4n) is 6.50. The zero-order valence-corrected chi connectivity index (χ0v) is 27.1. The van der Waals surface area contributed by atoms with E-state index in [1.54, 1.807) is 68.8 Å². The van der Waals surface area contributed by atoms with Gasteiger partial charge in [-0.05, 0) is 60.0 Å². The summed E-state index contributed by atoms with van der Waals surface area (Å²) in [6, 6.07) is 31.8. The summed E-state index contributed by atoms with van der Waals surface area (Å²) in [6.07, 6.45) is -6.28. The molecule has 11 heteroatoms. The highest BCUT2D eigenvalue weighted by molar-refractivity contribution is 5.89. The second kappa shape index (κ2) is 13.9. The quantitative estimate of drug-likeness (QED) is 0.150. The Labute approximate surface area is 281 Å². The van der Waals surface area contributed by atoms with Crippen LogP contribution in [0, 0.1) is 6.92 Å². The van der Waals surface area contributed by atoms with Crippen molar-refractivity contribution >= 4 is 5.97 Å². The van der Waals surface area contributed by atoms with E-state index in [0.717, 1.165) is 4.57 Å². The van der Waals surface area contributed by atoms with Crippen LogP contribution >= 0.6 is 0 Å². The Morgan fingerprint density at radius 1 is 0.816 bits per heavy atom. The summed E-state index contributed by atoms with van der Waals surface area (Å²) in [6.45, 7) is 1.51. The highest BCUT2D eigenvalue weighted by atomic mass is 16.6. The van der Waals surface area contributed by atoms with Gasteiger partial charge in [0, 0.05) is 11.8 Å². The number of methoxy groups -OCH3 is 2. The summed E-state index contributed by atoms with van der Waals surface area (Å²) in [7, 11) is 3.11. The minimum absolute atomic E-state index is 0.185. The molecule has 4 aromatic carbocycles. The molecule has 0 saturated carbocycles. The van der Waals surface area contributed by atoms with Gasteiger partial charge in [0.25, 0.3) is 5.56 Å². The number of carbonyl (C=O) groups is 1. The van der Waals surface area contributed by atoms with Gasteiger partial charge in [0.2, 0.25) is 0 Å². The number of aliphatic hydroxyl groups excluding tert-OH is 2. The number of aryl methyl sites for hydroxylation is 1. The molecule has 252 valence electrons. The Morgan fingerprint density at radius 3 is 1.86 bits per heavy atom. The van der Waals surface area contributed by atoms with Gasteiger partial charge in [0.05, 0.1) is 25.2 Å². The Morgan fingerprint density at radius 2 is 1.33 bits per heavy atom. The minimum atomic E-state index is -1.65. The van der Waals surface area contributed by atoms with Crippen LogP contribution in [-0.2, 0) is 14.9 Å². The molecule has 0 aliphatic carbocycles. The number of aliphatic hydroxyl groups is 2. The standard InChI is InChI=1S/C38H36N2O9/c1-23-22-40(37(45)39-34(23)43)35-32(49-36(44)24-10-6-4-7-11-24)30(41)31(48-35)33(42)38(25-12-8-5-9-13-25,26-14-18-28(46-2)19-15-26)27-16-20-29(47-3)21-17-27/h4-22,30-33,35,41-42H,1-3H3,(H,39,43,45)/t30-,31+,32+,33?,35+/m1/s1. The smallest absolute Gasteiger partial charge is 0.338 e. The number of H-pyrrole nitrogens is 1. The lowest BCUT2D eigenvalue weighted by atomic mass is 9.64. The number of nitrogens with zero attached hydrogens (tertiary/aromatic N) is 1. The summed E-state index contributed by atoms with van der Waals surface area (Å²) in [5, 5.41) is 24.9. The zero-order chi connectivity index (χ0) is 34.7. The molecular formula is C38H36N2O9. The van der Waals surface area contributed by atoms with Crippen molar-refractivity contribution in [3.05, 3.63) is 164 Å². The van der Waals surface area contributed by atoms with Crippen LogP contribution in [-0.4, -0.2) is 64.4 Å². The average Bonchev–Trinajstić information content (AvgIpc) is 3.46. The second-order valence-electron chi connectivity index (χ2n) is 11.8. The van der Waals surface area contributed by atoms with Crippen molar-refractivity contribution < 1.29 is 34.0 Å². The molecule has 11 nitrogen and oxygen atoms in total. The van der Waals surface area contributed by atoms with E-state index in [9.17, 15) is 24.6 Å². The minimum Gasteiger partial charge on any atom is -0.497 e. The third kappa shape index (κ3) is 6.15. The van der Waals surface area contributed by atoms with E-state index in [1.807, 2.05) is 54.6 Å². The highest BCUT2D eigenvalue weighted by Crippen LogP contribution is 2.47. The maximum absolute atomic E-state index is 13.4. The van der Waals surface area contributed by atoms with E-state index in [4.69, 9.17) is 18.9 Å². The summed E-state index contributed by atoms with van der Waals surface area (Å²) in [4.78, 5) is 41.1. The lowest BCUT2D eigenvalue weighted by Crippen LogP contribution is -2.52. The SMILES string of the molecule is COc1ccc(C(c2ccccc2)(c2ccc(OC)cc2)C(O)[C@H]2O[C@H](n3cc(C)c(=O)[nH]c3=O)[C@@H](OC(=O)c3ccccc3)[C@@H]2O)cc1. The van der Waals surface area contributed by atoms with Gasteiger partial charge in [-0.25, -0.2) is 9.59 Å². The van der Waals surface area contributed by atoms with Crippen LogP contribution in [0.5, 0.6) is 11.5 Å². The normalized spacial score (nSPS) is 19.6. The van der Waals surface area contributed by atoms with E-state index in [2.05, 4.69) is 4.98 Å². The van der Waals surface area contributed by atoms with Gasteiger partial charge in [-0.15, -0.1) is 0 Å². The van der Waals surface area contributed by atoms with Crippen molar-refractivity contribution in [2.24, 2.45) is 0 Å². The number of esters is 1. The fraction of sp³-hybridized carbons (Fsp3) is 0.237. The molecule has 0 spiro atoms. The maximum atomic E-state index is 13.4. The van der Waals surface area contributed by atoms with Crippen LogP contribution < -0.4 is 20.7 Å². The van der Waals surface area contributed by atoms with Crippen LogP contribution in [0.3, 0.4) is 0 Å². The van der Waals surface area contributed by atoms with Crippen molar-refractivity contribution in [2.75, 3.05) is 14.2 Å². The maximum Gasteiger partial charge on any atom is 0.338 e. The van der Waals surface area contributed by atoms with Crippen molar-refractivity contribution in [3.8, 4) is 11.5 Å². The number of benzene rings is 4. The molecule has 5 aromatic rings. The second-order valence-corrected chi connectivity index (χ2v) is 11.8. The predicted octanol–water partition coefficient (Wildman–Crippen LogP) is 3.74. The van der Waals surface area contributed by atoms with Crippen molar-refractivity contribution in [1.82, 2.24) is 9.55 Å². The topological polar surface area (TPSA) is 149 Å². The fourth-order valence-corrected chi connectivity index (χ4v) is 6.50. The highest BCUT2D eigenvalue weighted by Gasteiger charge is 2.57. The van der Waals surface area contributed by atoms with E-state index >= 15 is 0 Å². The Balaban J connectivity index is 1.54. The van der Waals surface area contributed by atoms with E-state index < -0.39 is 53.3 Å². The molecular weight excluding hydrogens is 628 g/mol. The first-order valence-electron chi connectivity index (χ1n) is 15.6. The summed E-state index contributed by atoms with van der Waals surface area (Å²) in [5.74, 6) is 0.405. The number of carbonyl (C=O) groups excluding carboxylic acids is 1. The first-order chi connectivity index (χ1) is 23.7. The molecule has 0 radical (unpaired) electrons. The third-order valence-corrected chi connectivity index (χ3v) is 9.00. The summed E-state index contributed by atoms with van der Waals surface area (Å²) in [5.41, 5.74) is -0.535. The van der Waals surface area contributed by atoms with Crippen LogP contribution in [0.4, 0.5) is 0 Å². The number of aromatic nitrogens is 2. The number of rotatable bonds is 10. The van der Waals surface area contributed by atoms with Crippen LogP contribution in [0.2, 0.25) is 0 Å². The summed E-state index contributed by atoms with van der Waals surface area (Å²) >= 11 is 0. The monoisotopic (exact) mass is 664 g/mol. The van der Waals surface area contributed by atoms with Gasteiger partial charge < -0.3 is 29.2 Å². The molecule has 1 unspecified atom stereocenters. The van der Waals surface area contributed by atoms with Crippen LogP contribution in [0.15, 0.2) is 125 Å². The lowest BCUT2D eigenvalue weighted by molar-refractivity contribution is -0.0996. The number of aromatic amines is 1. The van der Waals surface area contributed by atoms with E-state index in [0.29, 0.717) is 28.2 Å². The molecule has 6 rings (SSSR count). The molecule has 0 amide bonds. The molecule has 1 aliphatic heterocycles. The molecule has 1 aliphatic rings. The van der Waals surface area contributed by atoms with Crippen LogP contribution in [0.1, 0.15) is 38.8 Å².